The molecule has 3 aromatic rings. The van der Waals surface area contributed by atoms with Crippen LogP contribution >= 0.6 is 0 Å². The zero-order valence-electron chi connectivity index (χ0n) is 8.78. The third-order valence-electron chi connectivity index (χ3n) is 2.37. The van der Waals surface area contributed by atoms with Crippen LogP contribution in [0.15, 0.2) is 42.9 Å². The van der Waals surface area contributed by atoms with Crippen LogP contribution in [0.5, 0.6) is 0 Å². The van der Waals surface area contributed by atoms with Gasteiger partial charge in [-0.25, -0.2) is 9.50 Å². The summed E-state index contributed by atoms with van der Waals surface area (Å²) in [5.74, 6) is 0. The Hall–Kier alpha value is -2.74. The molecule has 0 aliphatic rings. The summed E-state index contributed by atoms with van der Waals surface area (Å²) in [7, 11) is 0. The average molecular weight is 221 g/mol. The minimum Gasteiger partial charge on any atom is -0.255 e. The Morgan fingerprint density at radius 1 is 1.18 bits per heavy atom. The molecular formula is C12H7N5. The highest BCUT2D eigenvalue weighted by Gasteiger charge is 2.06. The minimum atomic E-state index is 0.480. The molecular weight excluding hydrogens is 214 g/mol. The number of aromatic nitrogens is 4. The van der Waals surface area contributed by atoms with Gasteiger partial charge in [0.1, 0.15) is 11.8 Å². The van der Waals surface area contributed by atoms with Crippen molar-refractivity contribution >= 4 is 5.65 Å². The summed E-state index contributed by atoms with van der Waals surface area (Å²) >= 11 is 0. The molecule has 5 nitrogen and oxygen atoms in total. The summed E-state index contributed by atoms with van der Waals surface area (Å²) in [6.07, 6.45) is 4.89. The van der Waals surface area contributed by atoms with Gasteiger partial charge in [0.25, 0.3) is 0 Å². The Balaban J connectivity index is 2.18. The number of fused-ring (bicyclic) bond motifs is 1. The standard InChI is InChI=1S/C12H7N5/c13-6-9-7-15-12-5-11(16-17(12)8-9)10-3-1-2-4-14-10/h1-5,7-8H. The first-order valence-electron chi connectivity index (χ1n) is 5.04. The van der Waals surface area contributed by atoms with Crippen LogP contribution in [0.25, 0.3) is 17.0 Å². The maximum atomic E-state index is 8.78. The molecule has 0 radical (unpaired) electrons. The van der Waals surface area contributed by atoms with E-state index in [1.807, 2.05) is 30.3 Å². The molecule has 0 unspecified atom stereocenters. The van der Waals surface area contributed by atoms with Crippen LogP contribution in [0.2, 0.25) is 0 Å². The zero-order valence-corrected chi connectivity index (χ0v) is 8.78. The van der Waals surface area contributed by atoms with E-state index in [0.717, 1.165) is 11.4 Å². The Kier molecular flexibility index (Phi) is 2.06. The molecule has 17 heavy (non-hydrogen) atoms. The lowest BCUT2D eigenvalue weighted by atomic mass is 10.3. The van der Waals surface area contributed by atoms with Crippen molar-refractivity contribution in [2.24, 2.45) is 0 Å². The number of nitriles is 1. The van der Waals surface area contributed by atoms with Crippen molar-refractivity contribution in [3.05, 3.63) is 48.4 Å². The summed E-state index contributed by atoms with van der Waals surface area (Å²) < 4.78 is 1.59. The van der Waals surface area contributed by atoms with Gasteiger partial charge in [-0.1, -0.05) is 6.07 Å². The molecule has 0 N–H and O–H groups in total. The van der Waals surface area contributed by atoms with Crippen LogP contribution in [-0.4, -0.2) is 19.6 Å². The van der Waals surface area contributed by atoms with Gasteiger partial charge >= 0.3 is 0 Å². The van der Waals surface area contributed by atoms with Gasteiger partial charge in [-0.15, -0.1) is 0 Å². The van der Waals surface area contributed by atoms with E-state index in [1.54, 1.807) is 16.9 Å². The van der Waals surface area contributed by atoms with Gasteiger partial charge in [0, 0.05) is 18.5 Å². The van der Waals surface area contributed by atoms with E-state index in [4.69, 9.17) is 5.26 Å². The first kappa shape index (κ1) is 9.48. The second kappa shape index (κ2) is 3.68. The second-order valence-corrected chi connectivity index (χ2v) is 3.50. The molecule has 0 saturated heterocycles. The number of pyridine rings is 1. The minimum absolute atomic E-state index is 0.480. The molecule has 0 fully saturated rings. The fourth-order valence-electron chi connectivity index (χ4n) is 1.57. The fourth-order valence-corrected chi connectivity index (χ4v) is 1.57. The van der Waals surface area contributed by atoms with Gasteiger partial charge in [-0.05, 0) is 12.1 Å². The van der Waals surface area contributed by atoms with Crippen molar-refractivity contribution in [1.29, 1.82) is 5.26 Å². The van der Waals surface area contributed by atoms with E-state index in [-0.39, 0.29) is 0 Å². The maximum absolute atomic E-state index is 8.78. The Morgan fingerprint density at radius 3 is 2.88 bits per heavy atom. The summed E-state index contributed by atoms with van der Waals surface area (Å²) in [6.45, 7) is 0. The highest BCUT2D eigenvalue weighted by atomic mass is 15.2. The second-order valence-electron chi connectivity index (χ2n) is 3.50. The maximum Gasteiger partial charge on any atom is 0.155 e. The molecule has 0 atom stereocenters. The normalized spacial score (nSPS) is 10.3. The Morgan fingerprint density at radius 2 is 2.12 bits per heavy atom. The summed E-state index contributed by atoms with van der Waals surface area (Å²) in [5.41, 5.74) is 2.71. The van der Waals surface area contributed by atoms with Crippen molar-refractivity contribution in [3.63, 3.8) is 0 Å². The van der Waals surface area contributed by atoms with Crippen molar-refractivity contribution in [2.45, 2.75) is 0 Å². The van der Waals surface area contributed by atoms with Crippen LogP contribution in [0, 0.1) is 11.3 Å². The molecule has 0 aliphatic carbocycles. The number of hydrogen-bond donors (Lipinski definition) is 0. The van der Waals surface area contributed by atoms with Crippen LogP contribution in [0.3, 0.4) is 0 Å². The van der Waals surface area contributed by atoms with Crippen LogP contribution in [0.1, 0.15) is 5.56 Å². The molecule has 3 rings (SSSR count). The molecule has 80 valence electrons. The van der Waals surface area contributed by atoms with Gasteiger partial charge in [-0.3, -0.25) is 4.98 Å². The van der Waals surface area contributed by atoms with Crippen LogP contribution < -0.4 is 0 Å². The Labute approximate surface area is 97.0 Å². The molecule has 0 amide bonds. The molecule has 3 heterocycles. The van der Waals surface area contributed by atoms with E-state index in [0.29, 0.717) is 11.2 Å². The van der Waals surface area contributed by atoms with E-state index >= 15 is 0 Å². The number of nitrogens with zero attached hydrogens (tertiary/aromatic N) is 5. The van der Waals surface area contributed by atoms with Gasteiger partial charge in [0.15, 0.2) is 5.65 Å². The third kappa shape index (κ3) is 1.62. The quantitative estimate of drug-likeness (QED) is 0.626. The lowest BCUT2D eigenvalue weighted by Crippen LogP contribution is -1.91. The molecule has 0 aliphatic heterocycles. The summed E-state index contributed by atoms with van der Waals surface area (Å²) in [4.78, 5) is 8.37. The molecule has 0 aromatic carbocycles. The molecule has 0 saturated carbocycles. The monoisotopic (exact) mass is 221 g/mol. The van der Waals surface area contributed by atoms with E-state index in [1.165, 1.54) is 6.20 Å². The van der Waals surface area contributed by atoms with Gasteiger partial charge < -0.3 is 0 Å². The van der Waals surface area contributed by atoms with Gasteiger partial charge in [0.05, 0.1) is 17.5 Å². The molecule has 0 spiro atoms. The van der Waals surface area contributed by atoms with Gasteiger partial charge in [0.2, 0.25) is 0 Å². The highest BCUT2D eigenvalue weighted by molar-refractivity contribution is 5.60. The van der Waals surface area contributed by atoms with E-state index in [2.05, 4.69) is 15.1 Å². The van der Waals surface area contributed by atoms with Crippen LogP contribution in [-0.2, 0) is 0 Å². The summed E-state index contributed by atoms with van der Waals surface area (Å²) in [5, 5.41) is 13.1. The first-order chi connectivity index (χ1) is 8.36. The smallest absolute Gasteiger partial charge is 0.155 e. The number of hydrogen-bond acceptors (Lipinski definition) is 4. The lowest BCUT2D eigenvalue weighted by Gasteiger charge is -1.92. The highest BCUT2D eigenvalue weighted by Crippen LogP contribution is 2.15. The van der Waals surface area contributed by atoms with Crippen molar-refractivity contribution in [1.82, 2.24) is 19.6 Å². The number of rotatable bonds is 1. The predicted octanol–water partition coefficient (Wildman–Crippen LogP) is 1.66. The zero-order chi connectivity index (χ0) is 11.7. The molecule has 0 bridgehead atoms. The average Bonchev–Trinajstić information content (AvgIpc) is 2.82. The fraction of sp³-hybridized carbons (Fsp3) is 0. The van der Waals surface area contributed by atoms with E-state index < -0.39 is 0 Å². The Bertz CT molecular complexity index is 709. The molecule has 3 aromatic heterocycles. The van der Waals surface area contributed by atoms with Crippen molar-refractivity contribution < 1.29 is 0 Å². The summed E-state index contributed by atoms with van der Waals surface area (Å²) in [6, 6.07) is 9.50. The first-order valence-corrected chi connectivity index (χ1v) is 5.04. The van der Waals surface area contributed by atoms with Crippen molar-refractivity contribution in [2.75, 3.05) is 0 Å². The van der Waals surface area contributed by atoms with E-state index in [9.17, 15) is 0 Å². The molecule has 5 heteroatoms. The topological polar surface area (TPSA) is 66.9 Å². The van der Waals surface area contributed by atoms with Crippen molar-refractivity contribution in [3.8, 4) is 17.5 Å². The largest absolute Gasteiger partial charge is 0.255 e. The third-order valence-corrected chi connectivity index (χ3v) is 2.37. The lowest BCUT2D eigenvalue weighted by molar-refractivity contribution is 0.936. The SMILES string of the molecule is N#Cc1cnc2cc(-c3ccccn3)nn2c1. The van der Waals surface area contributed by atoms with Gasteiger partial charge in [-0.2, -0.15) is 10.4 Å². The predicted molar refractivity (Wildman–Crippen MR) is 60.9 cm³/mol. The van der Waals surface area contributed by atoms with Crippen LogP contribution in [0.4, 0.5) is 0 Å².